The lowest BCUT2D eigenvalue weighted by atomic mass is 10.1. The van der Waals surface area contributed by atoms with E-state index < -0.39 is 26.5 Å². The molecule has 16 heavy (non-hydrogen) atoms. The van der Waals surface area contributed by atoms with Crippen LogP contribution >= 0.6 is 0 Å². The van der Waals surface area contributed by atoms with E-state index in [0.717, 1.165) is 12.3 Å². The van der Waals surface area contributed by atoms with E-state index in [-0.39, 0.29) is 5.56 Å². The average Bonchev–Trinajstić information content (AvgIpc) is 2.05. The van der Waals surface area contributed by atoms with Crippen molar-refractivity contribution >= 4 is 9.84 Å². The van der Waals surface area contributed by atoms with E-state index in [0.29, 0.717) is 5.56 Å². The Labute approximate surface area is 92.0 Å². The van der Waals surface area contributed by atoms with Crippen LogP contribution in [0.1, 0.15) is 16.7 Å². The molecule has 0 fully saturated rings. The van der Waals surface area contributed by atoms with E-state index in [1.54, 1.807) is 6.92 Å². The molecule has 0 saturated carbocycles. The van der Waals surface area contributed by atoms with Crippen LogP contribution in [0.25, 0.3) is 0 Å². The highest BCUT2D eigenvalue weighted by atomic mass is 32.2. The van der Waals surface area contributed by atoms with Crippen LogP contribution in [0.4, 0.5) is 13.2 Å². The number of hydrogen-bond donors (Lipinski definition) is 0. The Kier molecular flexibility index (Phi) is 3.06. The predicted octanol–water partition coefficient (Wildman–Crippen LogP) is 2.73. The van der Waals surface area contributed by atoms with E-state index in [2.05, 4.69) is 0 Å². The zero-order valence-corrected chi connectivity index (χ0v) is 9.83. The SMILES string of the molecule is Cc1ccc(C(F)(F)F)c(S(C)(=O)=O)c1C. The van der Waals surface area contributed by atoms with Gasteiger partial charge >= 0.3 is 6.18 Å². The summed E-state index contributed by atoms with van der Waals surface area (Å²) >= 11 is 0. The predicted molar refractivity (Wildman–Crippen MR) is 54.0 cm³/mol. The summed E-state index contributed by atoms with van der Waals surface area (Å²) in [5.41, 5.74) is -0.427. The van der Waals surface area contributed by atoms with Crippen molar-refractivity contribution in [2.24, 2.45) is 0 Å². The summed E-state index contributed by atoms with van der Waals surface area (Å²) in [5, 5.41) is 0. The highest BCUT2D eigenvalue weighted by Gasteiger charge is 2.37. The molecule has 0 aliphatic carbocycles. The van der Waals surface area contributed by atoms with Crippen molar-refractivity contribution in [2.45, 2.75) is 24.9 Å². The van der Waals surface area contributed by atoms with Crippen molar-refractivity contribution in [3.8, 4) is 0 Å². The number of benzene rings is 1. The molecule has 6 heteroatoms. The summed E-state index contributed by atoms with van der Waals surface area (Å²) in [7, 11) is -3.89. The summed E-state index contributed by atoms with van der Waals surface area (Å²) in [6, 6.07) is 2.07. The van der Waals surface area contributed by atoms with E-state index in [1.807, 2.05) is 0 Å². The number of sulfone groups is 1. The molecule has 0 spiro atoms. The second-order valence-electron chi connectivity index (χ2n) is 3.65. The largest absolute Gasteiger partial charge is 0.417 e. The summed E-state index contributed by atoms with van der Waals surface area (Å²) in [5.74, 6) is 0. The number of hydrogen-bond acceptors (Lipinski definition) is 2. The number of aryl methyl sites for hydroxylation is 1. The van der Waals surface area contributed by atoms with Gasteiger partial charge in [-0.2, -0.15) is 13.2 Å². The molecule has 0 aliphatic heterocycles. The molecule has 0 atom stereocenters. The van der Waals surface area contributed by atoms with Gasteiger partial charge in [-0.05, 0) is 31.0 Å². The fourth-order valence-corrected chi connectivity index (χ4v) is 2.79. The molecular formula is C10H11F3O2S. The molecule has 0 unspecified atom stereocenters. The first-order valence-corrected chi connectivity index (χ1v) is 6.31. The van der Waals surface area contributed by atoms with Crippen LogP contribution in [0.3, 0.4) is 0 Å². The zero-order chi connectivity index (χ0) is 12.7. The molecule has 0 aliphatic rings. The van der Waals surface area contributed by atoms with Crippen LogP contribution in [0.15, 0.2) is 17.0 Å². The van der Waals surface area contributed by atoms with Crippen molar-refractivity contribution in [3.63, 3.8) is 0 Å². The van der Waals surface area contributed by atoms with Gasteiger partial charge in [0.25, 0.3) is 0 Å². The van der Waals surface area contributed by atoms with Crippen LogP contribution < -0.4 is 0 Å². The van der Waals surface area contributed by atoms with Crippen molar-refractivity contribution in [2.75, 3.05) is 6.26 Å². The van der Waals surface area contributed by atoms with Crippen LogP contribution in [-0.4, -0.2) is 14.7 Å². The second-order valence-corrected chi connectivity index (χ2v) is 5.61. The maximum Gasteiger partial charge on any atom is 0.417 e. The van der Waals surface area contributed by atoms with Crippen molar-refractivity contribution in [1.82, 2.24) is 0 Å². The number of rotatable bonds is 1. The molecule has 0 amide bonds. The third-order valence-electron chi connectivity index (χ3n) is 2.35. The Bertz CT molecular complexity index is 516. The van der Waals surface area contributed by atoms with Crippen LogP contribution in [0.5, 0.6) is 0 Å². The maximum atomic E-state index is 12.6. The Morgan fingerprint density at radius 2 is 1.62 bits per heavy atom. The standard InChI is InChI=1S/C10H11F3O2S/c1-6-4-5-8(10(11,12)13)9(7(6)2)16(3,14)15/h4-5H,1-3H3. The van der Waals surface area contributed by atoms with Crippen LogP contribution in [0, 0.1) is 13.8 Å². The Hall–Kier alpha value is -1.04. The van der Waals surface area contributed by atoms with Gasteiger partial charge in [0.15, 0.2) is 9.84 Å². The summed E-state index contributed by atoms with van der Waals surface area (Å²) in [4.78, 5) is -0.625. The van der Waals surface area contributed by atoms with Gasteiger partial charge in [-0.25, -0.2) is 8.42 Å². The lowest BCUT2D eigenvalue weighted by Crippen LogP contribution is -2.14. The normalized spacial score (nSPS) is 12.9. The van der Waals surface area contributed by atoms with Gasteiger partial charge in [-0.1, -0.05) is 6.07 Å². The summed E-state index contributed by atoms with van der Waals surface area (Å²) in [6.07, 6.45) is -3.87. The van der Waals surface area contributed by atoms with Crippen LogP contribution in [-0.2, 0) is 16.0 Å². The smallest absolute Gasteiger partial charge is 0.224 e. The quantitative estimate of drug-likeness (QED) is 0.770. The molecule has 1 aromatic carbocycles. The maximum absolute atomic E-state index is 12.6. The molecule has 0 aromatic heterocycles. The van der Waals surface area contributed by atoms with Gasteiger partial charge in [-0.3, -0.25) is 0 Å². The molecule has 1 rings (SSSR count). The summed E-state index contributed by atoms with van der Waals surface area (Å²) in [6.45, 7) is 2.95. The molecule has 0 radical (unpaired) electrons. The minimum atomic E-state index is -4.66. The second kappa shape index (κ2) is 3.76. The molecule has 1 aromatic rings. The first-order chi connectivity index (χ1) is 7.05. The van der Waals surface area contributed by atoms with Gasteiger partial charge in [0.2, 0.25) is 0 Å². The molecule has 0 bridgehead atoms. The van der Waals surface area contributed by atoms with E-state index in [4.69, 9.17) is 0 Å². The molecule has 0 heterocycles. The molecule has 0 saturated heterocycles. The Balaban J connectivity index is 3.73. The molecule has 2 nitrogen and oxygen atoms in total. The Morgan fingerprint density at radius 3 is 2.00 bits per heavy atom. The minimum Gasteiger partial charge on any atom is -0.224 e. The first-order valence-electron chi connectivity index (χ1n) is 4.42. The van der Waals surface area contributed by atoms with Crippen molar-refractivity contribution in [3.05, 3.63) is 28.8 Å². The number of alkyl halides is 3. The summed E-state index contributed by atoms with van der Waals surface area (Å²) < 4.78 is 60.6. The van der Waals surface area contributed by atoms with E-state index in [9.17, 15) is 21.6 Å². The van der Waals surface area contributed by atoms with Gasteiger partial charge in [0.05, 0.1) is 10.5 Å². The minimum absolute atomic E-state index is 0.150. The zero-order valence-electron chi connectivity index (χ0n) is 9.01. The molecule has 0 N–H and O–H groups in total. The van der Waals surface area contributed by atoms with Gasteiger partial charge in [0, 0.05) is 6.26 Å². The average molecular weight is 252 g/mol. The lowest BCUT2D eigenvalue weighted by Gasteiger charge is -2.15. The monoisotopic (exact) mass is 252 g/mol. The molecular weight excluding hydrogens is 241 g/mol. The van der Waals surface area contributed by atoms with Crippen molar-refractivity contribution in [1.29, 1.82) is 0 Å². The Morgan fingerprint density at radius 1 is 1.12 bits per heavy atom. The first kappa shape index (κ1) is 13.0. The van der Waals surface area contributed by atoms with Gasteiger partial charge in [-0.15, -0.1) is 0 Å². The van der Waals surface area contributed by atoms with E-state index in [1.165, 1.54) is 13.0 Å². The van der Waals surface area contributed by atoms with Gasteiger partial charge < -0.3 is 0 Å². The third-order valence-corrected chi connectivity index (χ3v) is 3.62. The van der Waals surface area contributed by atoms with E-state index >= 15 is 0 Å². The molecule has 90 valence electrons. The third kappa shape index (κ3) is 2.37. The highest BCUT2D eigenvalue weighted by molar-refractivity contribution is 7.90. The topological polar surface area (TPSA) is 34.1 Å². The fraction of sp³-hybridized carbons (Fsp3) is 0.400. The number of halogens is 3. The van der Waals surface area contributed by atoms with Gasteiger partial charge in [0.1, 0.15) is 0 Å². The lowest BCUT2D eigenvalue weighted by molar-refractivity contribution is -0.139. The van der Waals surface area contributed by atoms with Crippen molar-refractivity contribution < 1.29 is 21.6 Å². The highest BCUT2D eigenvalue weighted by Crippen LogP contribution is 2.36. The fourth-order valence-electron chi connectivity index (χ4n) is 1.49. The van der Waals surface area contributed by atoms with Crippen LogP contribution in [0.2, 0.25) is 0 Å².